The van der Waals surface area contributed by atoms with Gasteiger partial charge in [0.05, 0.1) is 5.56 Å². The lowest BCUT2D eigenvalue weighted by Gasteiger charge is -2.07. The number of anilines is 1. The van der Waals surface area contributed by atoms with Gasteiger partial charge < -0.3 is 10.4 Å². The van der Waals surface area contributed by atoms with E-state index in [0.29, 0.717) is 5.69 Å². The van der Waals surface area contributed by atoms with Crippen LogP contribution in [0.25, 0.3) is 0 Å². The van der Waals surface area contributed by atoms with Crippen molar-refractivity contribution in [2.24, 2.45) is 0 Å². The van der Waals surface area contributed by atoms with E-state index in [1.54, 1.807) is 12.1 Å². The second kappa shape index (κ2) is 6.52. The number of phenolic OH excluding ortho intramolecular Hbond substituents is 1. The molecule has 2 rings (SSSR count). The van der Waals surface area contributed by atoms with E-state index in [4.69, 9.17) is 5.11 Å². The molecular formula is C15H13BrFNO2. The maximum Gasteiger partial charge on any atom is 0.258 e. The number of amides is 1. The van der Waals surface area contributed by atoms with Crippen LogP contribution < -0.4 is 5.32 Å². The lowest BCUT2D eigenvalue weighted by molar-refractivity contribution is 0.102. The lowest BCUT2D eigenvalue weighted by Crippen LogP contribution is -2.13. The molecule has 20 heavy (non-hydrogen) atoms. The van der Waals surface area contributed by atoms with Gasteiger partial charge in [0, 0.05) is 17.1 Å². The summed E-state index contributed by atoms with van der Waals surface area (Å²) < 4.78 is 13.5. The molecule has 0 bridgehead atoms. The van der Waals surface area contributed by atoms with Crippen molar-refractivity contribution in [3.8, 4) is 5.75 Å². The fourth-order valence-electron chi connectivity index (χ4n) is 1.75. The molecule has 0 spiro atoms. The highest BCUT2D eigenvalue weighted by Crippen LogP contribution is 2.17. The molecule has 0 aliphatic carbocycles. The summed E-state index contributed by atoms with van der Waals surface area (Å²) in [5.41, 5.74) is 1.64. The molecule has 0 saturated carbocycles. The summed E-state index contributed by atoms with van der Waals surface area (Å²) in [5, 5.41) is 12.6. The maximum atomic E-state index is 13.5. The Hall–Kier alpha value is -1.88. The minimum Gasteiger partial charge on any atom is -0.508 e. The number of nitrogens with one attached hydrogen (secondary N) is 1. The van der Waals surface area contributed by atoms with E-state index < -0.39 is 11.7 Å². The molecule has 2 N–H and O–H groups in total. The Morgan fingerprint density at radius 2 is 1.90 bits per heavy atom. The highest BCUT2D eigenvalue weighted by molar-refractivity contribution is 9.09. The van der Waals surface area contributed by atoms with Crippen LogP contribution in [-0.2, 0) is 6.42 Å². The molecule has 0 aromatic heterocycles. The second-order valence-corrected chi connectivity index (χ2v) is 5.05. The molecule has 1 amide bonds. The predicted molar refractivity (Wildman–Crippen MR) is 80.0 cm³/mol. The minimum absolute atomic E-state index is 0.104. The first-order valence-corrected chi connectivity index (χ1v) is 7.17. The number of phenols is 1. The van der Waals surface area contributed by atoms with E-state index in [-0.39, 0.29) is 11.3 Å². The van der Waals surface area contributed by atoms with E-state index in [2.05, 4.69) is 21.2 Å². The van der Waals surface area contributed by atoms with E-state index >= 15 is 0 Å². The zero-order chi connectivity index (χ0) is 14.5. The van der Waals surface area contributed by atoms with Gasteiger partial charge in [-0.15, -0.1) is 0 Å². The molecule has 0 saturated heterocycles. The number of carbonyl (C=O) groups is 1. The summed E-state index contributed by atoms with van der Waals surface area (Å²) >= 11 is 3.36. The third-order valence-electron chi connectivity index (χ3n) is 2.79. The Morgan fingerprint density at radius 1 is 1.20 bits per heavy atom. The third kappa shape index (κ3) is 3.57. The summed E-state index contributed by atoms with van der Waals surface area (Å²) in [5.74, 6) is -1.51. The fourth-order valence-corrected chi connectivity index (χ4v) is 2.21. The number of hydrogen-bond donors (Lipinski definition) is 2. The summed E-state index contributed by atoms with van der Waals surface area (Å²) in [6.45, 7) is 0. The Labute approximate surface area is 124 Å². The fraction of sp³-hybridized carbons (Fsp3) is 0.133. The first-order valence-electron chi connectivity index (χ1n) is 6.05. The molecule has 0 fully saturated rings. The molecule has 2 aromatic carbocycles. The van der Waals surface area contributed by atoms with Gasteiger partial charge in [0.1, 0.15) is 11.6 Å². The largest absolute Gasteiger partial charge is 0.508 e. The van der Waals surface area contributed by atoms with Crippen molar-refractivity contribution in [1.82, 2.24) is 0 Å². The van der Waals surface area contributed by atoms with Gasteiger partial charge in [0.15, 0.2) is 0 Å². The van der Waals surface area contributed by atoms with Crippen molar-refractivity contribution in [3.05, 3.63) is 59.4 Å². The number of hydrogen-bond acceptors (Lipinski definition) is 2. The summed E-state index contributed by atoms with van der Waals surface area (Å²) in [6.07, 6.45) is 0.904. The predicted octanol–water partition coefficient (Wildman–Crippen LogP) is 3.72. The van der Waals surface area contributed by atoms with Gasteiger partial charge in [-0.25, -0.2) is 4.39 Å². The van der Waals surface area contributed by atoms with Gasteiger partial charge in [-0.2, -0.15) is 0 Å². The van der Waals surface area contributed by atoms with Gasteiger partial charge in [0.2, 0.25) is 0 Å². The number of halogens is 2. The Kier molecular flexibility index (Phi) is 4.74. The molecule has 0 atom stereocenters. The van der Waals surface area contributed by atoms with E-state index in [1.807, 2.05) is 12.1 Å². The van der Waals surface area contributed by atoms with Gasteiger partial charge in [-0.3, -0.25) is 4.79 Å². The van der Waals surface area contributed by atoms with Crippen molar-refractivity contribution in [3.63, 3.8) is 0 Å². The van der Waals surface area contributed by atoms with Crippen molar-refractivity contribution >= 4 is 27.5 Å². The van der Waals surface area contributed by atoms with Gasteiger partial charge in [-0.1, -0.05) is 28.1 Å². The molecule has 0 radical (unpaired) electrons. The van der Waals surface area contributed by atoms with Crippen molar-refractivity contribution < 1.29 is 14.3 Å². The van der Waals surface area contributed by atoms with Crippen LogP contribution in [0.2, 0.25) is 0 Å². The number of aryl methyl sites for hydroxylation is 1. The molecule has 0 unspecified atom stereocenters. The smallest absolute Gasteiger partial charge is 0.258 e. The van der Waals surface area contributed by atoms with Crippen LogP contribution in [0.3, 0.4) is 0 Å². The topological polar surface area (TPSA) is 49.3 Å². The zero-order valence-electron chi connectivity index (χ0n) is 10.6. The molecular weight excluding hydrogens is 325 g/mol. The number of alkyl halides is 1. The first-order chi connectivity index (χ1) is 9.60. The Balaban J connectivity index is 2.11. The molecule has 3 nitrogen and oxygen atoms in total. The summed E-state index contributed by atoms with van der Waals surface area (Å²) in [4.78, 5) is 11.9. The van der Waals surface area contributed by atoms with Gasteiger partial charge >= 0.3 is 0 Å². The summed E-state index contributed by atoms with van der Waals surface area (Å²) in [7, 11) is 0. The van der Waals surface area contributed by atoms with Crippen LogP contribution in [0, 0.1) is 5.82 Å². The highest BCUT2D eigenvalue weighted by Gasteiger charge is 2.12. The van der Waals surface area contributed by atoms with E-state index in [0.717, 1.165) is 23.4 Å². The highest BCUT2D eigenvalue weighted by atomic mass is 79.9. The molecule has 5 heteroatoms. The van der Waals surface area contributed by atoms with Crippen LogP contribution in [0.15, 0.2) is 42.5 Å². The molecule has 104 valence electrons. The summed E-state index contributed by atoms with van der Waals surface area (Å²) in [6, 6.07) is 10.8. The number of benzene rings is 2. The molecule has 0 heterocycles. The van der Waals surface area contributed by atoms with E-state index in [1.165, 1.54) is 12.1 Å². The monoisotopic (exact) mass is 337 g/mol. The number of carbonyl (C=O) groups excluding carboxylic acids is 1. The third-order valence-corrected chi connectivity index (χ3v) is 3.19. The van der Waals surface area contributed by atoms with Crippen LogP contribution >= 0.6 is 15.9 Å². The standard InChI is InChI=1S/C15H13BrFNO2/c16-8-7-10-1-3-11(4-2-10)18-15(20)13-6-5-12(19)9-14(13)17/h1-6,9,19H,7-8H2,(H,18,20). The SMILES string of the molecule is O=C(Nc1ccc(CCBr)cc1)c1ccc(O)cc1F. The van der Waals surface area contributed by atoms with Crippen molar-refractivity contribution in [2.45, 2.75) is 6.42 Å². The Bertz CT molecular complexity index is 614. The van der Waals surface area contributed by atoms with Gasteiger partial charge in [-0.05, 0) is 36.2 Å². The van der Waals surface area contributed by atoms with Crippen LogP contribution in [0.1, 0.15) is 15.9 Å². The van der Waals surface area contributed by atoms with E-state index in [9.17, 15) is 9.18 Å². The number of rotatable bonds is 4. The van der Waals surface area contributed by atoms with Crippen molar-refractivity contribution in [2.75, 3.05) is 10.6 Å². The Morgan fingerprint density at radius 3 is 2.50 bits per heavy atom. The second-order valence-electron chi connectivity index (χ2n) is 4.25. The van der Waals surface area contributed by atoms with Crippen LogP contribution in [0.4, 0.5) is 10.1 Å². The number of aromatic hydroxyl groups is 1. The van der Waals surface area contributed by atoms with Crippen LogP contribution in [0.5, 0.6) is 5.75 Å². The average Bonchev–Trinajstić information content (AvgIpc) is 2.41. The lowest BCUT2D eigenvalue weighted by atomic mass is 10.1. The molecule has 0 aliphatic heterocycles. The minimum atomic E-state index is -0.751. The quantitative estimate of drug-likeness (QED) is 0.835. The van der Waals surface area contributed by atoms with Gasteiger partial charge in [0.25, 0.3) is 5.91 Å². The average molecular weight is 338 g/mol. The van der Waals surface area contributed by atoms with Crippen LogP contribution in [-0.4, -0.2) is 16.3 Å². The molecule has 0 aliphatic rings. The maximum absolute atomic E-state index is 13.5. The van der Waals surface area contributed by atoms with Crippen molar-refractivity contribution in [1.29, 1.82) is 0 Å². The molecule has 2 aromatic rings. The zero-order valence-corrected chi connectivity index (χ0v) is 12.2. The normalized spacial score (nSPS) is 10.3. The first kappa shape index (κ1) is 14.5.